The van der Waals surface area contributed by atoms with Gasteiger partial charge in [-0.25, -0.2) is 4.79 Å². The second kappa shape index (κ2) is 53.4. The lowest BCUT2D eigenvalue weighted by molar-refractivity contribution is -0.142. The van der Waals surface area contributed by atoms with E-state index in [4.69, 9.17) is 35.0 Å². The van der Waals surface area contributed by atoms with Crippen molar-refractivity contribution in [3.63, 3.8) is 0 Å². The predicted octanol–water partition coefficient (Wildman–Crippen LogP) is 4.07. The topological polar surface area (TPSA) is 422 Å². The molecule has 0 aromatic heterocycles. The van der Waals surface area contributed by atoms with Crippen LogP contribution in [0.25, 0.3) is 0 Å². The number of benzene rings is 1. The number of carboxylic acids is 1. The van der Waals surface area contributed by atoms with Crippen molar-refractivity contribution in [1.29, 1.82) is 0 Å². The summed E-state index contributed by atoms with van der Waals surface area (Å²) in [6, 6.07) is 3.20. The summed E-state index contributed by atoms with van der Waals surface area (Å²) in [5.41, 5.74) is 11.7. The average molecular weight is 1330 g/mol. The fourth-order valence-corrected chi connectivity index (χ4v) is 10.2. The van der Waals surface area contributed by atoms with E-state index in [0.29, 0.717) is 77.5 Å². The molecule has 0 fully saturated rings. The van der Waals surface area contributed by atoms with Gasteiger partial charge in [0, 0.05) is 64.4 Å². The lowest BCUT2D eigenvalue weighted by Crippen LogP contribution is -2.47. The first-order chi connectivity index (χ1) is 43.9. The summed E-state index contributed by atoms with van der Waals surface area (Å²) in [5.74, 6) is -3.31. The van der Waals surface area contributed by atoms with Crippen molar-refractivity contribution in [2.75, 3.05) is 91.3 Å². The number of guanidine groups is 1. The summed E-state index contributed by atoms with van der Waals surface area (Å²) >= 11 is 0. The van der Waals surface area contributed by atoms with Crippen LogP contribution < -0.4 is 43.4 Å². The Labute approximate surface area is 545 Å². The molecule has 0 aliphatic rings. The summed E-state index contributed by atoms with van der Waals surface area (Å²) in [5, 5.41) is 36.3. The Bertz CT molecular complexity index is 2410. The molecule has 0 heterocycles. The normalized spacial score (nSPS) is 12.8. The zero-order valence-corrected chi connectivity index (χ0v) is 55.8. The van der Waals surface area contributed by atoms with Gasteiger partial charge in [-0.1, -0.05) is 96.6 Å². The molecule has 0 bridgehead atoms. The number of unbranched alkanes of at least 4 members (excludes halogenated alkanes) is 13. The van der Waals surface area contributed by atoms with E-state index in [0.717, 1.165) is 76.2 Å². The Morgan fingerprint density at radius 3 is 1.74 bits per heavy atom. The fraction of sp³-hybridized carbons (Fsp3) is 0.750. The largest absolute Gasteiger partial charge is 0.508 e. The van der Waals surface area contributed by atoms with Crippen molar-refractivity contribution in [2.45, 2.75) is 212 Å². The second-order valence-electron chi connectivity index (χ2n) is 23.7. The van der Waals surface area contributed by atoms with Crippen molar-refractivity contribution in [2.24, 2.45) is 22.4 Å². The third-order valence-electron chi connectivity index (χ3n) is 14.7. The lowest BCUT2D eigenvalue weighted by Gasteiger charge is -2.23. The number of carbonyl (C=O) groups is 9. The Balaban J connectivity index is 2.24. The van der Waals surface area contributed by atoms with Gasteiger partial charge in [0.2, 0.25) is 23.6 Å². The van der Waals surface area contributed by atoms with Gasteiger partial charge >= 0.3 is 5.97 Å². The van der Waals surface area contributed by atoms with Crippen LogP contribution in [-0.2, 0) is 78.6 Å². The Kier molecular flexibility index (Phi) is 48.7. The summed E-state index contributed by atoms with van der Waals surface area (Å²) in [6.07, 6.45) is 16.2. The minimum absolute atomic E-state index is 0.00425. The van der Waals surface area contributed by atoms with Crippen molar-refractivity contribution in [1.82, 2.24) is 31.9 Å². The van der Waals surface area contributed by atoms with E-state index in [1.54, 1.807) is 12.1 Å². The van der Waals surface area contributed by atoms with Crippen LogP contribution in [0.4, 0.5) is 0 Å². The van der Waals surface area contributed by atoms with Crippen LogP contribution >= 0.6 is 0 Å². The van der Waals surface area contributed by atoms with Crippen LogP contribution in [0.1, 0.15) is 187 Å². The highest BCUT2D eigenvalue weighted by atomic mass is 32.2. The molecular weight excluding hydrogens is 1210 g/mol. The number of nitrogens with two attached hydrogens (primary N) is 2. The number of phenolic OH excluding ortho intramolecular Hbond substituents is 1. The Hall–Kier alpha value is -6.01. The summed E-state index contributed by atoms with van der Waals surface area (Å²) in [7, 11) is -3.86. The molecule has 1 rings (SSSR count). The Morgan fingerprint density at radius 2 is 1.13 bits per heavy atom. The first kappa shape index (κ1) is 84.0. The number of Topliss-reactive ketones (excluding diaryl/α,β-unsaturated/α-hetero) is 4. The molecule has 1 aromatic carbocycles. The molecule has 4 amide bonds. The molecule has 0 aliphatic carbocycles. The van der Waals surface area contributed by atoms with Gasteiger partial charge in [-0.2, -0.15) is 8.42 Å². The molecule has 28 heteroatoms. The highest BCUT2D eigenvalue weighted by Gasteiger charge is 2.25. The maximum Gasteiger partial charge on any atom is 0.326 e. The van der Waals surface area contributed by atoms with Gasteiger partial charge in [0.15, 0.2) is 23.3 Å². The zero-order chi connectivity index (χ0) is 68.2. The van der Waals surface area contributed by atoms with Gasteiger partial charge in [-0.3, -0.25) is 47.9 Å². The molecule has 526 valence electrons. The first-order valence-corrected chi connectivity index (χ1v) is 34.5. The smallest absolute Gasteiger partial charge is 0.326 e. The molecule has 13 N–H and O–H groups in total. The molecule has 0 radical (unpaired) electrons. The number of nitrogens with one attached hydrogen (secondary N) is 6. The predicted molar refractivity (Wildman–Crippen MR) is 349 cm³/mol. The van der Waals surface area contributed by atoms with E-state index in [-0.39, 0.29) is 169 Å². The number of nitrogens with zero attached hydrogens (tertiary/aromatic N) is 1. The van der Waals surface area contributed by atoms with Crippen LogP contribution in [0.5, 0.6) is 5.75 Å². The average Bonchev–Trinajstić information content (AvgIpc) is 3.52. The molecule has 0 unspecified atom stereocenters. The fourth-order valence-electron chi connectivity index (χ4n) is 9.62. The van der Waals surface area contributed by atoms with E-state index in [2.05, 4.69) is 36.9 Å². The molecule has 0 aliphatic heterocycles. The second-order valence-corrected chi connectivity index (χ2v) is 25.2. The van der Waals surface area contributed by atoms with Crippen LogP contribution in [0.3, 0.4) is 0 Å². The van der Waals surface area contributed by atoms with E-state index in [1.165, 1.54) is 19.1 Å². The third-order valence-corrected chi connectivity index (χ3v) is 15.5. The van der Waals surface area contributed by atoms with Crippen LogP contribution in [0.2, 0.25) is 0 Å². The van der Waals surface area contributed by atoms with Gasteiger partial charge in [0.1, 0.15) is 30.8 Å². The molecule has 0 saturated heterocycles. The quantitative estimate of drug-likeness (QED) is 0.0189. The van der Waals surface area contributed by atoms with Gasteiger partial charge < -0.3 is 72.5 Å². The lowest BCUT2D eigenvalue weighted by atomic mass is 10.0. The molecule has 4 atom stereocenters. The van der Waals surface area contributed by atoms with Crippen LogP contribution in [0, 0.1) is 5.92 Å². The van der Waals surface area contributed by atoms with Crippen molar-refractivity contribution in [3.05, 3.63) is 29.8 Å². The molecule has 0 saturated carbocycles. The number of hydrogen-bond acceptors (Lipinski definition) is 19. The van der Waals surface area contributed by atoms with E-state index < -0.39 is 46.2 Å². The number of aliphatic carboxylic acids is 1. The number of rotatable bonds is 62. The van der Waals surface area contributed by atoms with Crippen LogP contribution in [0.15, 0.2) is 29.3 Å². The minimum atomic E-state index is -3.86. The minimum Gasteiger partial charge on any atom is -0.508 e. The number of hydrogen-bond donors (Lipinski definition) is 11. The monoisotopic (exact) mass is 1330 g/mol. The SMILES string of the molecule is CC(=O)[C@H](Cc1ccc(O)cc1)NC(=O)C[C@H](CCCN=C(N)N)NCC(=O)[C@H](CCCCNC(=O)COCCOCCCC(=O)COCCOCCNC(=O)CC[C@H](NC(=O)CCCCCCCCCCCCCCCS(=O)(=O)O)C(=O)O)NCC(=O)CC(C)C. The highest BCUT2D eigenvalue weighted by molar-refractivity contribution is 7.85. The molecular formula is C64H111N9O18S. The van der Waals surface area contributed by atoms with Gasteiger partial charge in [-0.15, -0.1) is 0 Å². The number of aromatic hydroxyl groups is 1. The maximum absolute atomic E-state index is 13.7. The van der Waals surface area contributed by atoms with Crippen molar-refractivity contribution >= 4 is 68.8 Å². The summed E-state index contributed by atoms with van der Waals surface area (Å²) in [4.78, 5) is 117. The summed E-state index contributed by atoms with van der Waals surface area (Å²) < 4.78 is 52.0. The number of phenols is 1. The van der Waals surface area contributed by atoms with Gasteiger partial charge in [-0.05, 0) is 94.7 Å². The molecule has 0 spiro atoms. The van der Waals surface area contributed by atoms with Crippen molar-refractivity contribution in [3.8, 4) is 5.75 Å². The van der Waals surface area contributed by atoms with Gasteiger partial charge in [0.05, 0.1) is 64.0 Å². The van der Waals surface area contributed by atoms with Crippen molar-refractivity contribution < 1.29 is 85.3 Å². The number of aliphatic imine (C=N–C) groups is 1. The van der Waals surface area contributed by atoms with E-state index in [1.807, 2.05) is 13.8 Å². The van der Waals surface area contributed by atoms with Gasteiger partial charge in [0.25, 0.3) is 10.1 Å². The Morgan fingerprint density at radius 1 is 0.543 bits per heavy atom. The number of ketones is 4. The number of carbonyl (C=O) groups excluding carboxylic acids is 8. The van der Waals surface area contributed by atoms with Crippen LogP contribution in [-0.4, -0.2) is 197 Å². The van der Waals surface area contributed by atoms with E-state index >= 15 is 0 Å². The standard InChI is InChI=1S/C64H111N9O18S/c1-48(2)41-54(77)44-71-55(58(78)45-70-51(21-19-32-69-64(65)66)43-61(81)73-57(49(3)74)42-50-25-27-52(75)28-26-50)23-16-17-31-67-62(82)47-91-39-36-88-34-20-22-53(76)46-90-38-37-89-35-33-68-59(79)30-29-56(63(83)84)72-60(80)24-15-13-11-9-7-5-4-6-8-10-12-14-18-40-92(85,86)87/h25-28,48,51,55-57,70-71,75H,4-24,29-47H2,1-3H3,(H,67,82)(H,68,79)(H,72,80)(H,73,81)(H,83,84)(H4,65,66,69)(H,85,86,87)/t51-,55-,56-,57-/m0/s1. The molecule has 1 aromatic rings. The zero-order valence-electron chi connectivity index (χ0n) is 55.0. The molecule has 27 nitrogen and oxygen atoms in total. The highest BCUT2D eigenvalue weighted by Crippen LogP contribution is 2.16. The number of carboxylic acid groups (broad SMARTS) is 1. The number of ether oxygens (including phenoxy) is 4. The number of amides is 4. The summed E-state index contributed by atoms with van der Waals surface area (Å²) in [6.45, 7) is 6.85. The first-order valence-electron chi connectivity index (χ1n) is 32.9. The van der Waals surface area contributed by atoms with E-state index in [9.17, 15) is 61.8 Å². The molecule has 92 heavy (non-hydrogen) atoms. The maximum atomic E-state index is 13.7. The third kappa shape index (κ3) is 50.5.